The fourth-order valence-corrected chi connectivity index (χ4v) is 2.03. The van der Waals surface area contributed by atoms with Gasteiger partial charge in [0.15, 0.2) is 0 Å². The van der Waals surface area contributed by atoms with Crippen LogP contribution in [0.15, 0.2) is 0 Å². The van der Waals surface area contributed by atoms with E-state index in [-0.39, 0.29) is 6.10 Å². The molecule has 0 heterocycles. The molecule has 3 heteroatoms. The van der Waals surface area contributed by atoms with Gasteiger partial charge in [-0.15, -0.1) is 0 Å². The molecule has 2 atom stereocenters. The number of aliphatic hydroxyl groups is 1. The Bertz CT molecular complexity index is 173. The lowest BCUT2D eigenvalue weighted by Gasteiger charge is -2.29. The lowest BCUT2D eigenvalue weighted by molar-refractivity contribution is 0.0893. The van der Waals surface area contributed by atoms with Gasteiger partial charge in [-0.05, 0) is 33.7 Å². The highest BCUT2D eigenvalue weighted by atomic mass is 16.3. The van der Waals surface area contributed by atoms with Crippen LogP contribution in [0.1, 0.15) is 39.5 Å². The molecule has 1 aliphatic carbocycles. The van der Waals surface area contributed by atoms with Crippen molar-refractivity contribution in [2.75, 3.05) is 20.1 Å². The first-order valence-corrected chi connectivity index (χ1v) is 6.23. The Labute approximate surface area is 93.9 Å². The van der Waals surface area contributed by atoms with Crippen molar-refractivity contribution in [1.29, 1.82) is 0 Å². The Kier molecular flexibility index (Phi) is 5.58. The number of aliphatic hydroxyl groups excluding tert-OH is 1. The van der Waals surface area contributed by atoms with Gasteiger partial charge in [-0.1, -0.05) is 12.8 Å². The summed E-state index contributed by atoms with van der Waals surface area (Å²) < 4.78 is 0. The van der Waals surface area contributed by atoms with Crippen LogP contribution in [0.25, 0.3) is 0 Å². The molecular weight excluding hydrogens is 188 g/mol. The van der Waals surface area contributed by atoms with Gasteiger partial charge in [-0.3, -0.25) is 0 Å². The number of nitrogens with one attached hydrogen (secondary N) is 1. The maximum absolute atomic E-state index is 9.77. The van der Waals surface area contributed by atoms with Gasteiger partial charge in [0.05, 0.1) is 6.10 Å². The van der Waals surface area contributed by atoms with Crippen LogP contribution in [-0.4, -0.2) is 48.3 Å². The molecule has 0 bridgehead atoms. The largest absolute Gasteiger partial charge is 0.392 e. The van der Waals surface area contributed by atoms with Crippen molar-refractivity contribution in [3.05, 3.63) is 0 Å². The zero-order chi connectivity index (χ0) is 11.3. The van der Waals surface area contributed by atoms with Crippen LogP contribution in [-0.2, 0) is 0 Å². The standard InChI is InChI=1S/C12H26N2O/c1-10(2)14(3)9-8-13-11-6-4-5-7-12(11)15/h10-13,15H,4-9H2,1-3H3. The number of likely N-dealkylation sites (N-methyl/N-ethyl adjacent to an activating group) is 1. The molecule has 1 rings (SSSR count). The average molecular weight is 214 g/mol. The third-order valence-corrected chi connectivity index (χ3v) is 3.48. The summed E-state index contributed by atoms with van der Waals surface area (Å²) in [4.78, 5) is 2.32. The van der Waals surface area contributed by atoms with Crippen LogP contribution in [0.4, 0.5) is 0 Å². The first-order chi connectivity index (χ1) is 7.11. The Balaban J connectivity index is 2.13. The molecule has 1 saturated carbocycles. The molecule has 1 fully saturated rings. The highest BCUT2D eigenvalue weighted by Gasteiger charge is 2.21. The third-order valence-electron chi connectivity index (χ3n) is 3.48. The third kappa shape index (κ3) is 4.49. The summed E-state index contributed by atoms with van der Waals surface area (Å²) in [5.41, 5.74) is 0. The Morgan fingerprint density at radius 3 is 2.60 bits per heavy atom. The normalized spacial score (nSPS) is 27.6. The second-order valence-electron chi connectivity index (χ2n) is 4.99. The van der Waals surface area contributed by atoms with E-state index in [1.807, 2.05) is 0 Å². The Morgan fingerprint density at radius 2 is 2.00 bits per heavy atom. The summed E-state index contributed by atoms with van der Waals surface area (Å²) in [5.74, 6) is 0. The monoisotopic (exact) mass is 214 g/mol. The summed E-state index contributed by atoms with van der Waals surface area (Å²) in [6.07, 6.45) is 4.42. The van der Waals surface area contributed by atoms with Gasteiger partial charge in [0.2, 0.25) is 0 Å². The van der Waals surface area contributed by atoms with E-state index in [9.17, 15) is 5.11 Å². The van der Waals surface area contributed by atoms with Crippen LogP contribution in [0.3, 0.4) is 0 Å². The molecule has 3 nitrogen and oxygen atoms in total. The van der Waals surface area contributed by atoms with E-state index in [1.165, 1.54) is 12.8 Å². The van der Waals surface area contributed by atoms with Crippen molar-refractivity contribution in [3.63, 3.8) is 0 Å². The Morgan fingerprint density at radius 1 is 1.33 bits per heavy atom. The van der Waals surface area contributed by atoms with Crippen molar-refractivity contribution in [3.8, 4) is 0 Å². The van der Waals surface area contributed by atoms with Crippen LogP contribution in [0.5, 0.6) is 0 Å². The molecule has 1 aliphatic rings. The second-order valence-corrected chi connectivity index (χ2v) is 4.99. The zero-order valence-electron chi connectivity index (χ0n) is 10.4. The second kappa shape index (κ2) is 6.46. The minimum atomic E-state index is -0.122. The minimum Gasteiger partial charge on any atom is -0.392 e. The summed E-state index contributed by atoms with van der Waals surface area (Å²) >= 11 is 0. The summed E-state index contributed by atoms with van der Waals surface area (Å²) in [7, 11) is 2.14. The lowest BCUT2D eigenvalue weighted by Crippen LogP contribution is -2.45. The van der Waals surface area contributed by atoms with Crippen molar-refractivity contribution < 1.29 is 5.11 Å². The van der Waals surface area contributed by atoms with Gasteiger partial charge < -0.3 is 15.3 Å². The van der Waals surface area contributed by atoms with Crippen molar-refractivity contribution >= 4 is 0 Å². The van der Waals surface area contributed by atoms with E-state index in [0.717, 1.165) is 25.9 Å². The lowest BCUT2D eigenvalue weighted by atomic mass is 9.93. The van der Waals surface area contributed by atoms with Gasteiger partial charge in [-0.25, -0.2) is 0 Å². The number of rotatable bonds is 5. The molecular formula is C12H26N2O. The minimum absolute atomic E-state index is 0.122. The SMILES string of the molecule is CC(C)N(C)CCNC1CCCCC1O. The average Bonchev–Trinajstić information content (AvgIpc) is 2.20. The highest BCUT2D eigenvalue weighted by Crippen LogP contribution is 2.17. The summed E-state index contributed by atoms with van der Waals surface area (Å²) in [5, 5.41) is 13.2. The first kappa shape index (κ1) is 12.9. The molecule has 0 aromatic heterocycles. The maximum Gasteiger partial charge on any atom is 0.0693 e. The number of hydrogen-bond donors (Lipinski definition) is 2. The van der Waals surface area contributed by atoms with E-state index < -0.39 is 0 Å². The quantitative estimate of drug-likeness (QED) is 0.722. The molecule has 0 saturated heterocycles. The van der Waals surface area contributed by atoms with Crippen molar-refractivity contribution in [1.82, 2.24) is 10.2 Å². The highest BCUT2D eigenvalue weighted by molar-refractivity contribution is 4.80. The van der Waals surface area contributed by atoms with Crippen LogP contribution in [0.2, 0.25) is 0 Å². The zero-order valence-corrected chi connectivity index (χ0v) is 10.4. The van der Waals surface area contributed by atoms with E-state index in [1.54, 1.807) is 0 Å². The Hall–Kier alpha value is -0.120. The van der Waals surface area contributed by atoms with Crippen LogP contribution < -0.4 is 5.32 Å². The molecule has 0 aromatic carbocycles. The molecule has 2 N–H and O–H groups in total. The summed E-state index contributed by atoms with van der Waals surface area (Å²) in [6, 6.07) is 0.933. The topological polar surface area (TPSA) is 35.5 Å². The molecule has 90 valence electrons. The maximum atomic E-state index is 9.77. The van der Waals surface area contributed by atoms with Crippen molar-refractivity contribution in [2.24, 2.45) is 0 Å². The van der Waals surface area contributed by atoms with Gasteiger partial charge >= 0.3 is 0 Å². The van der Waals surface area contributed by atoms with E-state index in [2.05, 4.69) is 31.1 Å². The van der Waals surface area contributed by atoms with E-state index >= 15 is 0 Å². The molecule has 0 aliphatic heterocycles. The molecule has 0 aromatic rings. The van der Waals surface area contributed by atoms with Gasteiger partial charge in [0.1, 0.15) is 0 Å². The molecule has 0 spiro atoms. The predicted molar refractivity (Wildman–Crippen MR) is 64.0 cm³/mol. The smallest absolute Gasteiger partial charge is 0.0693 e. The van der Waals surface area contributed by atoms with Crippen LogP contribution in [0, 0.1) is 0 Å². The first-order valence-electron chi connectivity index (χ1n) is 6.23. The summed E-state index contributed by atoms with van der Waals surface area (Å²) in [6.45, 7) is 6.45. The van der Waals surface area contributed by atoms with Gasteiger partial charge in [0, 0.05) is 25.2 Å². The number of nitrogens with zero attached hydrogens (tertiary/aromatic N) is 1. The molecule has 15 heavy (non-hydrogen) atoms. The van der Waals surface area contributed by atoms with E-state index in [0.29, 0.717) is 12.1 Å². The van der Waals surface area contributed by atoms with E-state index in [4.69, 9.17) is 0 Å². The molecule has 0 radical (unpaired) electrons. The molecule has 0 amide bonds. The van der Waals surface area contributed by atoms with Gasteiger partial charge in [-0.2, -0.15) is 0 Å². The van der Waals surface area contributed by atoms with Crippen molar-refractivity contribution in [2.45, 2.75) is 57.7 Å². The van der Waals surface area contributed by atoms with Gasteiger partial charge in [0.25, 0.3) is 0 Å². The number of hydrogen-bond acceptors (Lipinski definition) is 3. The fraction of sp³-hybridized carbons (Fsp3) is 1.00. The fourth-order valence-electron chi connectivity index (χ4n) is 2.03. The van der Waals surface area contributed by atoms with Crippen LogP contribution >= 0.6 is 0 Å². The predicted octanol–water partition coefficient (Wildman–Crippen LogP) is 1.22. The molecule has 2 unspecified atom stereocenters.